The van der Waals surface area contributed by atoms with Crippen molar-refractivity contribution < 1.29 is 4.79 Å². The Morgan fingerprint density at radius 3 is 3.05 bits per heavy atom. The molecule has 1 fully saturated rings. The monoisotopic (exact) mass is 293 g/mol. The fourth-order valence-corrected chi connectivity index (χ4v) is 3.46. The summed E-state index contributed by atoms with van der Waals surface area (Å²) in [4.78, 5) is 14.3. The summed E-state index contributed by atoms with van der Waals surface area (Å²) >= 11 is 2.03. The average Bonchev–Trinajstić information content (AvgIpc) is 2.41. The maximum atomic E-state index is 11.9. The molecule has 0 spiro atoms. The highest BCUT2D eigenvalue weighted by atomic mass is 32.2. The minimum absolute atomic E-state index is 0.0438. The topological polar surface area (TPSA) is 58.4 Å². The Balaban J connectivity index is 1.69. The van der Waals surface area contributed by atoms with E-state index in [2.05, 4.69) is 17.1 Å². The highest BCUT2D eigenvalue weighted by Crippen LogP contribution is 2.19. The molecule has 1 saturated heterocycles. The molecule has 1 amide bonds. The number of thioether (sulfide) groups is 1. The molecular formula is C15H23N3OS. The molecule has 0 aromatic heterocycles. The summed E-state index contributed by atoms with van der Waals surface area (Å²) in [6, 6.07) is 7.36. The van der Waals surface area contributed by atoms with Gasteiger partial charge >= 0.3 is 0 Å². The van der Waals surface area contributed by atoms with Crippen molar-refractivity contribution in [3.05, 3.63) is 24.3 Å². The number of benzene rings is 1. The van der Waals surface area contributed by atoms with Crippen LogP contribution in [0.3, 0.4) is 0 Å². The number of anilines is 2. The van der Waals surface area contributed by atoms with Gasteiger partial charge in [-0.3, -0.25) is 4.79 Å². The van der Waals surface area contributed by atoms with E-state index in [0.29, 0.717) is 23.0 Å². The lowest BCUT2D eigenvalue weighted by molar-refractivity contribution is -0.116. The number of amides is 1. The molecule has 1 atom stereocenters. The molecule has 1 unspecified atom stereocenters. The molecule has 1 heterocycles. The molecule has 1 aliphatic heterocycles. The van der Waals surface area contributed by atoms with E-state index in [0.717, 1.165) is 26.1 Å². The maximum Gasteiger partial charge on any atom is 0.224 e. The molecule has 0 aliphatic carbocycles. The van der Waals surface area contributed by atoms with Crippen LogP contribution in [0.5, 0.6) is 0 Å². The Hall–Kier alpha value is -1.20. The molecule has 0 bridgehead atoms. The van der Waals surface area contributed by atoms with Crippen LogP contribution in [0.2, 0.25) is 0 Å². The SMILES string of the molecule is CC1CN(CCCC(=O)Nc2ccccc2N)CCS1. The van der Waals surface area contributed by atoms with Crippen molar-refractivity contribution in [2.45, 2.75) is 25.0 Å². The number of para-hydroxylation sites is 2. The van der Waals surface area contributed by atoms with Crippen molar-refractivity contribution in [2.24, 2.45) is 0 Å². The quantitative estimate of drug-likeness (QED) is 0.819. The van der Waals surface area contributed by atoms with Gasteiger partial charge in [0.2, 0.25) is 5.91 Å². The van der Waals surface area contributed by atoms with Gasteiger partial charge in [-0.1, -0.05) is 19.1 Å². The molecule has 5 heteroatoms. The normalized spacial score (nSPS) is 19.8. The third-order valence-electron chi connectivity index (χ3n) is 3.44. The number of nitrogens with zero attached hydrogens (tertiary/aromatic N) is 1. The number of carbonyl (C=O) groups is 1. The molecule has 0 saturated carbocycles. The van der Waals surface area contributed by atoms with E-state index in [9.17, 15) is 4.79 Å². The largest absolute Gasteiger partial charge is 0.397 e. The van der Waals surface area contributed by atoms with Gasteiger partial charge in [0.1, 0.15) is 0 Å². The number of nitrogen functional groups attached to an aromatic ring is 1. The summed E-state index contributed by atoms with van der Waals surface area (Å²) in [6.45, 7) is 5.55. The molecular weight excluding hydrogens is 270 g/mol. The predicted molar refractivity (Wildman–Crippen MR) is 87.1 cm³/mol. The second-order valence-electron chi connectivity index (χ2n) is 5.22. The summed E-state index contributed by atoms with van der Waals surface area (Å²) in [5.74, 6) is 1.25. The molecule has 110 valence electrons. The van der Waals surface area contributed by atoms with E-state index in [4.69, 9.17) is 5.73 Å². The predicted octanol–water partition coefficient (Wildman–Crippen LogP) is 2.42. The molecule has 1 aromatic carbocycles. The van der Waals surface area contributed by atoms with Gasteiger partial charge in [0.15, 0.2) is 0 Å². The summed E-state index contributed by atoms with van der Waals surface area (Å²) in [5.41, 5.74) is 7.13. The summed E-state index contributed by atoms with van der Waals surface area (Å²) in [7, 11) is 0. The van der Waals surface area contributed by atoms with Crippen LogP contribution >= 0.6 is 11.8 Å². The number of nitrogens with one attached hydrogen (secondary N) is 1. The fraction of sp³-hybridized carbons (Fsp3) is 0.533. The van der Waals surface area contributed by atoms with E-state index in [-0.39, 0.29) is 5.91 Å². The highest BCUT2D eigenvalue weighted by Gasteiger charge is 2.16. The van der Waals surface area contributed by atoms with Gasteiger partial charge in [-0.25, -0.2) is 0 Å². The molecule has 2 rings (SSSR count). The van der Waals surface area contributed by atoms with E-state index in [1.54, 1.807) is 6.07 Å². The van der Waals surface area contributed by atoms with Crippen LogP contribution in [0.1, 0.15) is 19.8 Å². The molecule has 1 aromatic rings. The first kappa shape index (κ1) is 15.2. The number of carbonyl (C=O) groups excluding carboxylic acids is 1. The van der Waals surface area contributed by atoms with Crippen LogP contribution in [0.15, 0.2) is 24.3 Å². The van der Waals surface area contributed by atoms with Gasteiger partial charge in [0, 0.05) is 30.5 Å². The summed E-state index contributed by atoms with van der Waals surface area (Å²) < 4.78 is 0. The van der Waals surface area contributed by atoms with Gasteiger partial charge in [0.05, 0.1) is 11.4 Å². The van der Waals surface area contributed by atoms with E-state index in [1.165, 1.54) is 5.75 Å². The van der Waals surface area contributed by atoms with Gasteiger partial charge in [0.25, 0.3) is 0 Å². The summed E-state index contributed by atoms with van der Waals surface area (Å²) in [6.07, 6.45) is 1.45. The Labute approximate surface area is 125 Å². The van der Waals surface area contributed by atoms with Crippen molar-refractivity contribution in [1.82, 2.24) is 4.90 Å². The lowest BCUT2D eigenvalue weighted by atomic mass is 10.2. The lowest BCUT2D eigenvalue weighted by Crippen LogP contribution is -2.37. The van der Waals surface area contributed by atoms with E-state index in [1.807, 2.05) is 30.0 Å². The Kier molecular flexibility index (Phi) is 5.73. The molecule has 1 aliphatic rings. The first-order valence-electron chi connectivity index (χ1n) is 7.13. The summed E-state index contributed by atoms with van der Waals surface area (Å²) in [5, 5.41) is 3.58. The molecule has 4 nitrogen and oxygen atoms in total. The van der Waals surface area contributed by atoms with Gasteiger partial charge < -0.3 is 16.0 Å². The van der Waals surface area contributed by atoms with E-state index >= 15 is 0 Å². The number of nitrogens with two attached hydrogens (primary N) is 1. The average molecular weight is 293 g/mol. The third kappa shape index (κ3) is 4.72. The molecule has 0 radical (unpaired) electrons. The van der Waals surface area contributed by atoms with E-state index < -0.39 is 0 Å². The van der Waals surface area contributed by atoms with Crippen molar-refractivity contribution in [3.63, 3.8) is 0 Å². The van der Waals surface area contributed by atoms with Gasteiger partial charge in [-0.2, -0.15) is 11.8 Å². The molecule has 20 heavy (non-hydrogen) atoms. The second-order valence-corrected chi connectivity index (χ2v) is 6.77. The standard InChI is InChI=1S/C15H23N3OS/c1-12-11-18(9-10-20-12)8-4-7-15(19)17-14-6-3-2-5-13(14)16/h2-3,5-6,12H,4,7-11,16H2,1H3,(H,17,19). The van der Waals surface area contributed by atoms with Crippen LogP contribution in [0, 0.1) is 0 Å². The fourth-order valence-electron chi connectivity index (χ4n) is 2.38. The molecule has 3 N–H and O–H groups in total. The highest BCUT2D eigenvalue weighted by molar-refractivity contribution is 7.99. The first-order chi connectivity index (χ1) is 9.65. The van der Waals surface area contributed by atoms with Crippen LogP contribution in [-0.2, 0) is 4.79 Å². The number of hydrogen-bond acceptors (Lipinski definition) is 4. The minimum atomic E-state index is 0.0438. The van der Waals surface area contributed by atoms with Crippen LogP contribution < -0.4 is 11.1 Å². The van der Waals surface area contributed by atoms with Crippen LogP contribution in [-0.4, -0.2) is 41.4 Å². The second kappa shape index (κ2) is 7.55. The van der Waals surface area contributed by atoms with Crippen molar-refractivity contribution in [3.8, 4) is 0 Å². The van der Waals surface area contributed by atoms with Gasteiger partial charge in [-0.15, -0.1) is 0 Å². The first-order valence-corrected chi connectivity index (χ1v) is 8.18. The van der Waals surface area contributed by atoms with Crippen molar-refractivity contribution in [1.29, 1.82) is 0 Å². The van der Waals surface area contributed by atoms with Crippen molar-refractivity contribution in [2.75, 3.05) is 36.4 Å². The van der Waals surface area contributed by atoms with Crippen molar-refractivity contribution >= 4 is 29.0 Å². The Morgan fingerprint density at radius 2 is 2.30 bits per heavy atom. The lowest BCUT2D eigenvalue weighted by Gasteiger charge is -2.30. The Bertz CT molecular complexity index is 452. The minimum Gasteiger partial charge on any atom is -0.397 e. The Morgan fingerprint density at radius 1 is 1.50 bits per heavy atom. The number of hydrogen-bond donors (Lipinski definition) is 2. The zero-order valence-electron chi connectivity index (χ0n) is 12.0. The third-order valence-corrected chi connectivity index (χ3v) is 4.57. The van der Waals surface area contributed by atoms with Gasteiger partial charge in [-0.05, 0) is 25.1 Å². The van der Waals surface area contributed by atoms with Crippen LogP contribution in [0.25, 0.3) is 0 Å². The zero-order valence-corrected chi connectivity index (χ0v) is 12.8. The zero-order chi connectivity index (χ0) is 14.4. The smallest absolute Gasteiger partial charge is 0.224 e. The van der Waals surface area contributed by atoms with Crippen LogP contribution in [0.4, 0.5) is 11.4 Å². The maximum absolute atomic E-state index is 11.9. The number of rotatable bonds is 5.